The van der Waals surface area contributed by atoms with E-state index in [4.69, 9.17) is 10.5 Å². The maximum Gasteiger partial charge on any atom is 0.191 e. The zero-order valence-corrected chi connectivity index (χ0v) is 13.7. The third-order valence-corrected chi connectivity index (χ3v) is 3.02. The molecule has 23 heavy (non-hydrogen) atoms. The van der Waals surface area contributed by atoms with Gasteiger partial charge in [0.2, 0.25) is 0 Å². The van der Waals surface area contributed by atoms with E-state index in [0.717, 1.165) is 0 Å². The highest BCUT2D eigenvalue weighted by molar-refractivity contribution is 6.67. The molecule has 0 aliphatic heterocycles. The Morgan fingerprint density at radius 2 is 1.26 bits per heavy atom. The molecule has 4 heteroatoms. The molecule has 0 atom stereocenters. The van der Waals surface area contributed by atoms with Gasteiger partial charge >= 0.3 is 0 Å². The summed E-state index contributed by atoms with van der Waals surface area (Å²) in [7, 11) is 2.17. The summed E-state index contributed by atoms with van der Waals surface area (Å²) < 4.78 is 0. The molecule has 2 aromatic carbocycles. The Kier molecular flexibility index (Phi) is 7.54. The Morgan fingerprint density at radius 1 is 0.870 bits per heavy atom. The van der Waals surface area contributed by atoms with E-state index >= 15 is 0 Å². The summed E-state index contributed by atoms with van der Waals surface area (Å²) in [5, 5.41) is 15.9. The van der Waals surface area contributed by atoms with Crippen LogP contribution < -0.4 is 10.9 Å². The van der Waals surface area contributed by atoms with Gasteiger partial charge in [-0.1, -0.05) is 71.6 Å². The number of ketones is 1. The van der Waals surface area contributed by atoms with E-state index in [1.54, 1.807) is 0 Å². The minimum Gasteiger partial charge on any atom is -0.512 e. The van der Waals surface area contributed by atoms with E-state index < -0.39 is 0 Å². The molecule has 2 rings (SSSR count). The van der Waals surface area contributed by atoms with E-state index in [9.17, 15) is 4.79 Å². The Hall–Kier alpha value is -2.62. The number of carbonyl (C=O) groups excluding carboxylic acids is 1. The van der Waals surface area contributed by atoms with Crippen LogP contribution in [-0.4, -0.2) is 23.9 Å². The highest BCUT2D eigenvalue weighted by atomic mass is 16.3. The average Bonchev–Trinajstić information content (AvgIpc) is 2.48. The fraction of sp³-hybridized carbons (Fsp3) is 0.158. The van der Waals surface area contributed by atoms with Gasteiger partial charge < -0.3 is 10.5 Å². The van der Waals surface area contributed by atoms with E-state index in [1.807, 2.05) is 12.1 Å². The Labute approximate surface area is 138 Å². The molecular formula is C19H21BNO2. The van der Waals surface area contributed by atoms with Crippen molar-refractivity contribution in [1.29, 1.82) is 5.41 Å². The standard InChI is InChI=1S/C12H10B.C7H11NO2/c1-3-7-11(8-4-1)13-12-9-5-2-6-10-12;1-4(8)7(5(2)9)6(3)10/h1-10H;8-9H,1-3H3. The van der Waals surface area contributed by atoms with Gasteiger partial charge in [-0.25, -0.2) is 0 Å². The molecule has 3 nitrogen and oxygen atoms in total. The van der Waals surface area contributed by atoms with Crippen molar-refractivity contribution < 1.29 is 9.90 Å². The highest BCUT2D eigenvalue weighted by Crippen LogP contribution is 2.03. The number of hydrogen-bond acceptors (Lipinski definition) is 3. The Balaban J connectivity index is 0.000000241. The summed E-state index contributed by atoms with van der Waals surface area (Å²) in [5.41, 5.74) is 2.70. The SMILES string of the molecule is CC(=N)C(C(C)=O)=C(C)O.[B](c1ccccc1)c1ccccc1. The fourth-order valence-corrected chi connectivity index (χ4v) is 2.08. The van der Waals surface area contributed by atoms with Crippen molar-refractivity contribution in [2.45, 2.75) is 20.8 Å². The number of benzene rings is 2. The number of rotatable bonds is 4. The quantitative estimate of drug-likeness (QED) is 0.395. The maximum absolute atomic E-state index is 10.7. The first kappa shape index (κ1) is 18.4. The zero-order valence-electron chi connectivity index (χ0n) is 13.7. The average molecular weight is 306 g/mol. The van der Waals surface area contributed by atoms with Gasteiger partial charge in [-0.2, -0.15) is 0 Å². The maximum atomic E-state index is 10.7. The summed E-state index contributed by atoms with van der Waals surface area (Å²) in [6.45, 7) is 4.19. The van der Waals surface area contributed by atoms with Crippen LogP contribution in [0.4, 0.5) is 0 Å². The van der Waals surface area contributed by atoms with Crippen molar-refractivity contribution in [2.75, 3.05) is 0 Å². The molecule has 0 unspecified atom stereocenters. The first-order valence-corrected chi connectivity index (χ1v) is 7.33. The van der Waals surface area contributed by atoms with Gasteiger partial charge in [-0.3, -0.25) is 4.79 Å². The van der Waals surface area contributed by atoms with Gasteiger partial charge in [0.15, 0.2) is 13.1 Å². The topological polar surface area (TPSA) is 61.2 Å². The molecular weight excluding hydrogens is 285 g/mol. The van der Waals surface area contributed by atoms with Crippen LogP contribution >= 0.6 is 0 Å². The minimum atomic E-state index is -0.271. The number of carbonyl (C=O) groups is 1. The summed E-state index contributed by atoms with van der Waals surface area (Å²) in [6, 6.07) is 20.7. The van der Waals surface area contributed by atoms with Crippen LogP contribution in [0.25, 0.3) is 0 Å². The molecule has 0 aliphatic rings. The molecule has 0 bridgehead atoms. The van der Waals surface area contributed by atoms with Crippen LogP contribution in [0.1, 0.15) is 20.8 Å². The lowest BCUT2D eigenvalue weighted by atomic mass is 9.64. The summed E-state index contributed by atoms with van der Waals surface area (Å²) in [5.74, 6) is -0.354. The van der Waals surface area contributed by atoms with E-state index in [-0.39, 0.29) is 22.8 Å². The van der Waals surface area contributed by atoms with E-state index in [2.05, 4.69) is 55.8 Å². The van der Waals surface area contributed by atoms with Crippen LogP contribution in [0.5, 0.6) is 0 Å². The van der Waals surface area contributed by atoms with Crippen molar-refractivity contribution in [3.63, 3.8) is 0 Å². The molecule has 117 valence electrons. The van der Waals surface area contributed by atoms with Crippen molar-refractivity contribution in [1.82, 2.24) is 0 Å². The lowest BCUT2D eigenvalue weighted by Gasteiger charge is -2.00. The highest BCUT2D eigenvalue weighted by Gasteiger charge is 2.09. The minimum absolute atomic E-state index is 0.0833. The van der Waals surface area contributed by atoms with E-state index in [0.29, 0.717) is 0 Å². The van der Waals surface area contributed by atoms with Crippen LogP contribution in [-0.2, 0) is 4.79 Å². The first-order chi connectivity index (χ1) is 10.9. The molecule has 1 radical (unpaired) electrons. The molecule has 0 aliphatic carbocycles. The lowest BCUT2D eigenvalue weighted by molar-refractivity contribution is -0.113. The molecule has 0 spiro atoms. The second kappa shape index (κ2) is 9.41. The lowest BCUT2D eigenvalue weighted by Crippen LogP contribution is -2.26. The molecule has 0 saturated carbocycles. The van der Waals surface area contributed by atoms with Gasteiger partial charge in [0, 0.05) is 5.71 Å². The molecule has 2 aromatic rings. The number of aliphatic hydroxyl groups excluding tert-OH is 1. The van der Waals surface area contributed by atoms with Crippen LogP contribution in [0.3, 0.4) is 0 Å². The number of hydrogen-bond donors (Lipinski definition) is 2. The molecule has 2 N–H and O–H groups in total. The van der Waals surface area contributed by atoms with Gasteiger partial charge in [0.25, 0.3) is 0 Å². The predicted octanol–water partition coefficient (Wildman–Crippen LogP) is 2.79. The van der Waals surface area contributed by atoms with Gasteiger partial charge in [0.1, 0.15) is 5.76 Å². The number of Topliss-reactive ketones (excluding diaryl/α,β-unsaturated/α-hetero) is 1. The van der Waals surface area contributed by atoms with Gasteiger partial charge in [0.05, 0.1) is 5.57 Å². The van der Waals surface area contributed by atoms with Gasteiger partial charge in [-0.15, -0.1) is 0 Å². The zero-order chi connectivity index (χ0) is 17.2. The molecule has 0 aromatic heterocycles. The second-order valence-electron chi connectivity index (χ2n) is 5.11. The normalized spacial score (nSPS) is 10.7. The van der Waals surface area contributed by atoms with Crippen LogP contribution in [0.2, 0.25) is 0 Å². The molecule has 0 heterocycles. The number of aliphatic hydroxyl groups is 1. The largest absolute Gasteiger partial charge is 0.512 e. The monoisotopic (exact) mass is 306 g/mol. The number of allylic oxidation sites excluding steroid dienone is 2. The molecule has 0 amide bonds. The van der Waals surface area contributed by atoms with Gasteiger partial charge in [-0.05, 0) is 20.8 Å². The van der Waals surface area contributed by atoms with Crippen molar-refractivity contribution >= 4 is 29.7 Å². The van der Waals surface area contributed by atoms with Crippen molar-refractivity contribution in [3.05, 3.63) is 72.0 Å². The number of nitrogens with one attached hydrogen (secondary N) is 1. The third-order valence-electron chi connectivity index (χ3n) is 3.02. The summed E-state index contributed by atoms with van der Waals surface area (Å²) >= 11 is 0. The Bertz CT molecular complexity index is 622. The van der Waals surface area contributed by atoms with Crippen LogP contribution in [0.15, 0.2) is 72.0 Å². The Morgan fingerprint density at radius 3 is 1.48 bits per heavy atom. The fourth-order valence-electron chi connectivity index (χ4n) is 2.08. The van der Waals surface area contributed by atoms with Crippen LogP contribution in [0, 0.1) is 5.41 Å². The third kappa shape index (κ3) is 6.79. The predicted molar refractivity (Wildman–Crippen MR) is 97.3 cm³/mol. The molecule has 0 fully saturated rings. The van der Waals surface area contributed by atoms with E-state index in [1.165, 1.54) is 31.7 Å². The first-order valence-electron chi connectivity index (χ1n) is 7.33. The summed E-state index contributed by atoms with van der Waals surface area (Å²) in [6.07, 6.45) is 0. The smallest absolute Gasteiger partial charge is 0.191 e. The second-order valence-corrected chi connectivity index (χ2v) is 5.11. The molecule has 0 saturated heterocycles. The van der Waals surface area contributed by atoms with Crippen molar-refractivity contribution in [2.24, 2.45) is 0 Å². The summed E-state index contributed by atoms with van der Waals surface area (Å²) in [4.78, 5) is 10.7. The van der Waals surface area contributed by atoms with Crippen molar-refractivity contribution in [3.8, 4) is 0 Å².